The predicted molar refractivity (Wildman–Crippen MR) is 63.9 cm³/mol. The molecule has 0 bridgehead atoms. The molecule has 0 radical (unpaired) electrons. The van der Waals surface area contributed by atoms with Crippen LogP contribution in [0.15, 0.2) is 34.9 Å². The van der Waals surface area contributed by atoms with Gasteiger partial charge in [-0.05, 0) is 12.1 Å². The van der Waals surface area contributed by atoms with Gasteiger partial charge in [0.05, 0.1) is 7.11 Å². The van der Waals surface area contributed by atoms with Crippen LogP contribution in [0.25, 0.3) is 11.3 Å². The number of ether oxygens (including phenoxy) is 1. The largest absolute Gasteiger partial charge is 0.488 e. The molecule has 7 nitrogen and oxygen atoms in total. The Balaban J connectivity index is 2.43. The van der Waals surface area contributed by atoms with Crippen LogP contribution in [0.4, 0.5) is 3.89 Å². The van der Waals surface area contributed by atoms with Gasteiger partial charge in [0.25, 0.3) is 0 Å². The number of carbonyl (C=O) groups excluding carboxylic acids is 1. The molecule has 0 fully saturated rings. The molecule has 106 valence electrons. The lowest BCUT2D eigenvalue weighted by atomic mass is 10.1. The highest BCUT2D eigenvalue weighted by molar-refractivity contribution is 7.81. The van der Waals surface area contributed by atoms with Crippen LogP contribution >= 0.6 is 0 Å². The molecule has 0 unspecified atom stereocenters. The highest BCUT2D eigenvalue weighted by Gasteiger charge is 2.19. The van der Waals surface area contributed by atoms with Crippen LogP contribution in [-0.2, 0) is 15.2 Å². The van der Waals surface area contributed by atoms with E-state index < -0.39 is 16.5 Å². The summed E-state index contributed by atoms with van der Waals surface area (Å²) in [6, 6.07) is 5.67. The number of rotatable bonds is 4. The summed E-state index contributed by atoms with van der Waals surface area (Å²) in [7, 11) is -4.02. The van der Waals surface area contributed by atoms with Gasteiger partial charge in [0, 0.05) is 5.56 Å². The van der Waals surface area contributed by atoms with Crippen LogP contribution in [0.5, 0.6) is 5.75 Å². The van der Waals surface area contributed by atoms with Gasteiger partial charge >= 0.3 is 22.4 Å². The molecule has 1 aromatic carbocycles. The number of oxazole rings is 1. The Morgan fingerprint density at radius 3 is 2.70 bits per heavy atom. The normalized spacial score (nSPS) is 11.1. The molecule has 1 aromatic heterocycles. The van der Waals surface area contributed by atoms with Gasteiger partial charge in [-0.25, -0.2) is 9.78 Å². The first kappa shape index (κ1) is 14.0. The summed E-state index contributed by atoms with van der Waals surface area (Å²) < 4.78 is 47.1. The maximum absolute atomic E-state index is 12.6. The summed E-state index contributed by atoms with van der Waals surface area (Å²) in [4.78, 5) is 15.0. The van der Waals surface area contributed by atoms with Crippen molar-refractivity contribution in [3.63, 3.8) is 0 Å². The molecule has 1 heterocycles. The maximum Gasteiger partial charge on any atom is 0.488 e. The minimum atomic E-state index is -5.17. The van der Waals surface area contributed by atoms with E-state index in [4.69, 9.17) is 4.42 Å². The molecule has 0 N–H and O–H groups in total. The Labute approximate surface area is 113 Å². The molecular formula is C11H8FNO6S. The van der Waals surface area contributed by atoms with Crippen LogP contribution in [0.1, 0.15) is 10.7 Å². The van der Waals surface area contributed by atoms with Crippen molar-refractivity contribution in [1.29, 1.82) is 0 Å². The second kappa shape index (κ2) is 5.29. The van der Waals surface area contributed by atoms with Crippen molar-refractivity contribution in [2.45, 2.75) is 0 Å². The standard InChI is InChI=1S/C11H8FNO6S/c1-17-11(14)10-13-8(6-18-10)7-4-2-3-5-9(7)19-20(12,15)16/h2-6H,1H3. The first-order valence-corrected chi connectivity index (χ1v) is 6.49. The first-order chi connectivity index (χ1) is 9.40. The van der Waals surface area contributed by atoms with E-state index in [0.29, 0.717) is 0 Å². The van der Waals surface area contributed by atoms with Crippen LogP contribution in [0.2, 0.25) is 0 Å². The lowest BCUT2D eigenvalue weighted by molar-refractivity contribution is 0.0556. The van der Waals surface area contributed by atoms with E-state index >= 15 is 0 Å². The number of hydrogen-bond acceptors (Lipinski definition) is 7. The zero-order chi connectivity index (χ0) is 14.8. The summed E-state index contributed by atoms with van der Waals surface area (Å²) >= 11 is 0. The Morgan fingerprint density at radius 2 is 2.05 bits per heavy atom. The van der Waals surface area contributed by atoms with E-state index in [-0.39, 0.29) is 22.9 Å². The van der Waals surface area contributed by atoms with Crippen molar-refractivity contribution in [2.24, 2.45) is 0 Å². The molecule has 0 aliphatic carbocycles. The minimum absolute atomic E-state index is 0.102. The zero-order valence-corrected chi connectivity index (χ0v) is 10.9. The SMILES string of the molecule is COC(=O)c1nc(-c2ccccc2OS(=O)(=O)F)co1. The predicted octanol–water partition coefficient (Wildman–Crippen LogP) is 1.72. The van der Waals surface area contributed by atoms with Gasteiger partial charge in [-0.15, -0.1) is 0 Å². The fourth-order valence-corrected chi connectivity index (χ4v) is 1.80. The number of halogens is 1. The topological polar surface area (TPSA) is 95.7 Å². The molecule has 2 rings (SSSR count). The highest BCUT2D eigenvalue weighted by Crippen LogP contribution is 2.30. The van der Waals surface area contributed by atoms with E-state index in [1.54, 1.807) is 6.07 Å². The number of nitrogens with zero attached hydrogens (tertiary/aromatic N) is 1. The van der Waals surface area contributed by atoms with E-state index in [1.165, 1.54) is 18.2 Å². The quantitative estimate of drug-likeness (QED) is 0.626. The number of methoxy groups -OCH3 is 1. The third kappa shape index (κ3) is 3.12. The fourth-order valence-electron chi connectivity index (χ4n) is 1.44. The van der Waals surface area contributed by atoms with Gasteiger partial charge in [0.15, 0.2) is 5.75 Å². The second-order valence-electron chi connectivity index (χ2n) is 3.50. The molecule has 0 saturated carbocycles. The van der Waals surface area contributed by atoms with E-state index in [1.807, 2.05) is 0 Å². The van der Waals surface area contributed by atoms with Crippen molar-refractivity contribution in [3.8, 4) is 17.0 Å². The summed E-state index contributed by atoms with van der Waals surface area (Å²) in [6.45, 7) is 0. The van der Waals surface area contributed by atoms with Crippen LogP contribution < -0.4 is 4.18 Å². The lowest BCUT2D eigenvalue weighted by Crippen LogP contribution is -2.03. The summed E-state index contributed by atoms with van der Waals surface area (Å²) in [5, 5.41) is 0. The van der Waals surface area contributed by atoms with Gasteiger partial charge in [0.2, 0.25) is 0 Å². The van der Waals surface area contributed by atoms with Crippen LogP contribution in [0.3, 0.4) is 0 Å². The molecular weight excluding hydrogens is 293 g/mol. The molecule has 0 spiro atoms. The molecule has 0 atom stereocenters. The van der Waals surface area contributed by atoms with Gasteiger partial charge in [-0.2, -0.15) is 8.42 Å². The van der Waals surface area contributed by atoms with Crippen molar-refractivity contribution >= 4 is 16.5 Å². The van der Waals surface area contributed by atoms with Crippen LogP contribution in [-0.4, -0.2) is 26.5 Å². The molecule has 0 amide bonds. The number of para-hydroxylation sites is 1. The number of aromatic nitrogens is 1. The molecule has 20 heavy (non-hydrogen) atoms. The van der Waals surface area contributed by atoms with E-state index in [9.17, 15) is 17.1 Å². The Bertz CT molecular complexity index is 739. The van der Waals surface area contributed by atoms with Crippen molar-refractivity contribution in [2.75, 3.05) is 7.11 Å². The number of carbonyl (C=O) groups is 1. The number of benzene rings is 1. The van der Waals surface area contributed by atoms with Crippen molar-refractivity contribution in [1.82, 2.24) is 4.98 Å². The molecule has 0 aliphatic rings. The summed E-state index contributed by atoms with van der Waals surface area (Å²) in [6.07, 6.45) is 1.10. The van der Waals surface area contributed by atoms with Gasteiger partial charge in [-0.1, -0.05) is 16.0 Å². The van der Waals surface area contributed by atoms with Crippen LogP contribution in [0, 0.1) is 0 Å². The molecule has 2 aromatic rings. The fraction of sp³-hybridized carbons (Fsp3) is 0.0909. The first-order valence-electron chi connectivity index (χ1n) is 5.18. The van der Waals surface area contributed by atoms with Gasteiger partial charge < -0.3 is 13.3 Å². The third-order valence-corrected chi connectivity index (χ3v) is 2.60. The summed E-state index contributed by atoms with van der Waals surface area (Å²) in [5.41, 5.74) is 0.247. The number of esters is 1. The van der Waals surface area contributed by atoms with E-state index in [0.717, 1.165) is 13.4 Å². The summed E-state index contributed by atoms with van der Waals surface area (Å²) in [5.74, 6) is -1.40. The zero-order valence-electron chi connectivity index (χ0n) is 10.1. The maximum atomic E-state index is 12.6. The highest BCUT2D eigenvalue weighted by atomic mass is 32.3. The van der Waals surface area contributed by atoms with E-state index in [2.05, 4.69) is 13.9 Å². The number of hydrogen-bond donors (Lipinski definition) is 0. The smallest absolute Gasteiger partial charge is 0.462 e. The molecule has 0 saturated heterocycles. The third-order valence-electron chi connectivity index (χ3n) is 2.22. The minimum Gasteiger partial charge on any atom is -0.462 e. The molecule has 9 heteroatoms. The van der Waals surface area contributed by atoms with Crippen molar-refractivity contribution < 1.29 is 30.4 Å². The average molecular weight is 301 g/mol. The Morgan fingerprint density at radius 1 is 1.35 bits per heavy atom. The lowest BCUT2D eigenvalue weighted by Gasteiger charge is -2.04. The molecule has 0 aliphatic heterocycles. The Hall–Kier alpha value is -2.42. The monoisotopic (exact) mass is 301 g/mol. The van der Waals surface area contributed by atoms with Crippen molar-refractivity contribution in [3.05, 3.63) is 36.4 Å². The second-order valence-corrected chi connectivity index (χ2v) is 4.45. The van der Waals surface area contributed by atoms with Gasteiger partial charge in [-0.3, -0.25) is 0 Å². The average Bonchev–Trinajstić information content (AvgIpc) is 2.86. The Kier molecular flexibility index (Phi) is 3.70. The van der Waals surface area contributed by atoms with Gasteiger partial charge in [0.1, 0.15) is 12.0 Å².